The summed E-state index contributed by atoms with van der Waals surface area (Å²) < 4.78 is 67.0. The zero-order valence-electron chi connectivity index (χ0n) is 16.6. The fraction of sp³-hybridized carbons (Fsp3) is 0.238. The summed E-state index contributed by atoms with van der Waals surface area (Å²) in [6, 6.07) is 5.87. The van der Waals surface area contributed by atoms with Gasteiger partial charge in [-0.15, -0.1) is 13.2 Å². The smallest absolute Gasteiger partial charge is 0.406 e. The number of ether oxygens (including phenoxy) is 1. The largest absolute Gasteiger partial charge is 0.573 e. The van der Waals surface area contributed by atoms with E-state index in [0.717, 1.165) is 12.1 Å². The molecule has 12 heteroatoms. The highest BCUT2D eigenvalue weighted by Crippen LogP contribution is 2.34. The van der Waals surface area contributed by atoms with Crippen molar-refractivity contribution in [2.75, 3.05) is 13.1 Å². The maximum Gasteiger partial charge on any atom is 0.573 e. The lowest BCUT2D eigenvalue weighted by molar-refractivity contribution is -0.274. The highest BCUT2D eigenvalue weighted by atomic mass is 19.4. The maximum absolute atomic E-state index is 13.3. The molecule has 1 aliphatic rings. The summed E-state index contributed by atoms with van der Waals surface area (Å²) in [5.74, 6) is -5.17. The molecule has 3 rings (SSSR count). The standard InChI is InChI=1S/C21H15F5N4O3/c22-20(23)12-30(17(20)9-27)18(31)11-29-19(32)16-7-8-28-10-14(16)4-1-13-2-5-15(6-3-13)33-21(24,25)26/h1-8,10,17H,11-12H2,(H,29,32). The summed E-state index contributed by atoms with van der Waals surface area (Å²) in [6.07, 6.45) is 0.902. The Morgan fingerprint density at radius 2 is 1.94 bits per heavy atom. The van der Waals surface area contributed by atoms with Crippen LogP contribution in [-0.4, -0.2) is 53.1 Å². The van der Waals surface area contributed by atoms with Crippen molar-refractivity contribution in [1.29, 1.82) is 5.26 Å². The first-order valence-electron chi connectivity index (χ1n) is 9.33. The third-order valence-electron chi connectivity index (χ3n) is 4.60. The second-order valence-electron chi connectivity index (χ2n) is 6.91. The number of hydrogen-bond acceptors (Lipinski definition) is 5. The molecule has 1 saturated heterocycles. The Kier molecular flexibility index (Phi) is 6.62. The fourth-order valence-corrected chi connectivity index (χ4v) is 2.98. The number of likely N-dealkylation sites (tertiary alicyclic amines) is 1. The monoisotopic (exact) mass is 466 g/mol. The quantitative estimate of drug-likeness (QED) is 0.660. The van der Waals surface area contributed by atoms with Gasteiger partial charge in [-0.25, -0.2) is 8.78 Å². The van der Waals surface area contributed by atoms with Crippen molar-refractivity contribution in [3.63, 3.8) is 0 Å². The molecule has 2 amide bonds. The van der Waals surface area contributed by atoms with Crippen LogP contribution in [0.2, 0.25) is 0 Å². The summed E-state index contributed by atoms with van der Waals surface area (Å²) in [5, 5.41) is 11.1. The van der Waals surface area contributed by atoms with E-state index >= 15 is 0 Å². The zero-order chi connectivity index (χ0) is 24.2. The van der Waals surface area contributed by atoms with Crippen LogP contribution in [0, 0.1) is 11.3 Å². The van der Waals surface area contributed by atoms with Crippen LogP contribution in [0.25, 0.3) is 12.2 Å². The Bertz CT molecular complexity index is 1110. The van der Waals surface area contributed by atoms with Crippen LogP contribution in [0.1, 0.15) is 21.5 Å². The highest BCUT2D eigenvalue weighted by Gasteiger charge is 2.57. The van der Waals surface area contributed by atoms with Crippen molar-refractivity contribution >= 4 is 24.0 Å². The van der Waals surface area contributed by atoms with Gasteiger partial charge in [0, 0.05) is 23.5 Å². The number of alkyl halides is 5. The predicted molar refractivity (Wildman–Crippen MR) is 105 cm³/mol. The van der Waals surface area contributed by atoms with Crippen molar-refractivity contribution in [2.45, 2.75) is 18.3 Å². The number of nitriles is 1. The Hall–Kier alpha value is -4.01. The minimum atomic E-state index is -4.80. The molecule has 0 spiro atoms. The number of nitrogens with one attached hydrogen (secondary N) is 1. The minimum Gasteiger partial charge on any atom is -0.406 e. The summed E-state index contributed by atoms with van der Waals surface area (Å²) in [4.78, 5) is 29.1. The summed E-state index contributed by atoms with van der Waals surface area (Å²) in [7, 11) is 0. The number of carbonyl (C=O) groups excluding carboxylic acids is 2. The molecular formula is C21H15F5N4O3. The molecule has 1 aromatic heterocycles. The molecule has 2 aromatic rings. The van der Waals surface area contributed by atoms with Gasteiger partial charge in [-0.1, -0.05) is 24.3 Å². The van der Waals surface area contributed by atoms with Crippen molar-refractivity contribution in [1.82, 2.24) is 15.2 Å². The lowest BCUT2D eigenvalue weighted by Gasteiger charge is -2.43. The number of amides is 2. The number of aromatic nitrogens is 1. The maximum atomic E-state index is 13.3. The van der Waals surface area contributed by atoms with Crippen LogP contribution in [0.3, 0.4) is 0 Å². The Balaban J connectivity index is 1.63. The van der Waals surface area contributed by atoms with Crippen LogP contribution in [0.4, 0.5) is 22.0 Å². The molecule has 33 heavy (non-hydrogen) atoms. The lowest BCUT2D eigenvalue weighted by atomic mass is 9.99. The predicted octanol–water partition coefficient (Wildman–Crippen LogP) is 3.25. The van der Waals surface area contributed by atoms with Gasteiger partial charge in [0.2, 0.25) is 5.91 Å². The third-order valence-corrected chi connectivity index (χ3v) is 4.60. The van der Waals surface area contributed by atoms with Crippen LogP contribution < -0.4 is 10.1 Å². The summed E-state index contributed by atoms with van der Waals surface area (Å²) in [5.41, 5.74) is 0.969. The van der Waals surface area contributed by atoms with E-state index in [1.807, 2.05) is 0 Å². The topological polar surface area (TPSA) is 95.3 Å². The fourth-order valence-electron chi connectivity index (χ4n) is 2.98. The van der Waals surface area contributed by atoms with Gasteiger partial charge in [0.15, 0.2) is 6.04 Å². The molecule has 7 nitrogen and oxygen atoms in total. The number of nitrogens with zero attached hydrogens (tertiary/aromatic N) is 3. The van der Waals surface area contributed by atoms with Crippen molar-refractivity contribution < 1.29 is 36.3 Å². The molecule has 0 bridgehead atoms. The zero-order valence-corrected chi connectivity index (χ0v) is 16.6. The summed E-state index contributed by atoms with van der Waals surface area (Å²) in [6.45, 7) is -1.48. The van der Waals surface area contributed by atoms with E-state index in [4.69, 9.17) is 5.26 Å². The first kappa shape index (κ1) is 23.6. The molecular weight excluding hydrogens is 451 g/mol. The van der Waals surface area contributed by atoms with E-state index in [0.29, 0.717) is 16.0 Å². The van der Waals surface area contributed by atoms with E-state index in [1.165, 1.54) is 48.8 Å². The van der Waals surface area contributed by atoms with Gasteiger partial charge >= 0.3 is 6.36 Å². The second-order valence-corrected chi connectivity index (χ2v) is 6.91. The highest BCUT2D eigenvalue weighted by molar-refractivity contribution is 6.00. The molecule has 1 atom stereocenters. The van der Waals surface area contributed by atoms with E-state index < -0.39 is 43.2 Å². The number of hydrogen-bond donors (Lipinski definition) is 1. The van der Waals surface area contributed by atoms with E-state index in [-0.39, 0.29) is 11.3 Å². The lowest BCUT2D eigenvalue weighted by Crippen LogP contribution is -2.67. The molecule has 0 aliphatic carbocycles. The minimum absolute atomic E-state index is 0.122. The summed E-state index contributed by atoms with van der Waals surface area (Å²) >= 11 is 0. The Morgan fingerprint density at radius 1 is 1.24 bits per heavy atom. The van der Waals surface area contributed by atoms with Crippen LogP contribution in [0.15, 0.2) is 42.7 Å². The van der Waals surface area contributed by atoms with E-state index in [9.17, 15) is 31.5 Å². The number of benzene rings is 1. The second kappa shape index (κ2) is 9.23. The molecule has 1 N–H and O–H groups in total. The first-order valence-corrected chi connectivity index (χ1v) is 9.33. The van der Waals surface area contributed by atoms with Crippen LogP contribution >= 0.6 is 0 Å². The van der Waals surface area contributed by atoms with Gasteiger partial charge in [0.1, 0.15) is 5.75 Å². The van der Waals surface area contributed by atoms with Crippen molar-refractivity contribution in [3.8, 4) is 11.8 Å². The van der Waals surface area contributed by atoms with E-state index in [1.54, 1.807) is 0 Å². The Morgan fingerprint density at radius 3 is 2.55 bits per heavy atom. The molecule has 172 valence electrons. The molecule has 0 radical (unpaired) electrons. The van der Waals surface area contributed by atoms with E-state index in [2.05, 4.69) is 15.0 Å². The SMILES string of the molecule is N#CC1N(C(=O)CNC(=O)c2ccncc2C=Cc2ccc(OC(F)(F)F)cc2)CC1(F)F. The average Bonchev–Trinajstić information content (AvgIpc) is 2.74. The molecule has 1 unspecified atom stereocenters. The van der Waals surface area contributed by atoms with Crippen LogP contribution in [0.5, 0.6) is 5.75 Å². The van der Waals surface area contributed by atoms with Gasteiger partial charge in [0.25, 0.3) is 11.8 Å². The van der Waals surface area contributed by atoms with Crippen LogP contribution in [-0.2, 0) is 4.79 Å². The number of halogens is 5. The van der Waals surface area contributed by atoms with Gasteiger partial charge in [-0.05, 0) is 23.8 Å². The normalized spacial score (nSPS) is 17.2. The van der Waals surface area contributed by atoms with Gasteiger partial charge in [-0.2, -0.15) is 5.26 Å². The Labute approximate surface area is 184 Å². The number of pyridine rings is 1. The third kappa shape index (κ3) is 5.82. The average molecular weight is 466 g/mol. The molecule has 1 aromatic carbocycles. The molecule has 1 fully saturated rings. The molecule has 2 heterocycles. The first-order chi connectivity index (χ1) is 15.5. The van der Waals surface area contributed by atoms with Crippen molar-refractivity contribution in [2.24, 2.45) is 0 Å². The molecule has 0 saturated carbocycles. The van der Waals surface area contributed by atoms with Crippen molar-refractivity contribution in [3.05, 3.63) is 59.4 Å². The van der Waals surface area contributed by atoms with Gasteiger partial charge in [0.05, 0.1) is 19.2 Å². The molecule has 1 aliphatic heterocycles. The number of rotatable bonds is 6. The number of carbonyl (C=O) groups is 2. The van der Waals surface area contributed by atoms with Gasteiger partial charge < -0.3 is 15.0 Å². The van der Waals surface area contributed by atoms with Gasteiger partial charge in [-0.3, -0.25) is 14.6 Å².